The van der Waals surface area contributed by atoms with Crippen molar-refractivity contribution in [3.05, 3.63) is 29.6 Å². The van der Waals surface area contributed by atoms with Gasteiger partial charge in [-0.2, -0.15) is 0 Å². The first kappa shape index (κ1) is 9.50. The third-order valence-electron chi connectivity index (χ3n) is 2.90. The minimum atomic E-state index is -0.127. The average molecular weight is 193 g/mol. The summed E-state index contributed by atoms with van der Waals surface area (Å²) >= 11 is 0. The fourth-order valence-electron chi connectivity index (χ4n) is 1.66. The van der Waals surface area contributed by atoms with E-state index in [1.807, 2.05) is 12.1 Å². The molecule has 0 heterocycles. The summed E-state index contributed by atoms with van der Waals surface area (Å²) in [5, 5.41) is 3.33. The summed E-state index contributed by atoms with van der Waals surface area (Å²) in [6.07, 6.45) is 2.62. The van der Waals surface area contributed by atoms with Crippen molar-refractivity contribution in [2.24, 2.45) is 5.92 Å². The molecule has 2 heteroatoms. The summed E-state index contributed by atoms with van der Waals surface area (Å²) in [6, 6.07) is 5.81. The maximum atomic E-state index is 13.2. The van der Waals surface area contributed by atoms with Crippen LogP contribution in [0.3, 0.4) is 0 Å². The van der Waals surface area contributed by atoms with Crippen molar-refractivity contribution in [2.75, 3.05) is 5.32 Å². The Balaban J connectivity index is 2.04. The number of anilines is 1. The molecule has 1 N–H and O–H groups in total. The minimum Gasteiger partial charge on any atom is -0.382 e. The van der Waals surface area contributed by atoms with Gasteiger partial charge in [-0.15, -0.1) is 0 Å². The van der Waals surface area contributed by atoms with Crippen molar-refractivity contribution in [2.45, 2.75) is 32.7 Å². The van der Waals surface area contributed by atoms with Gasteiger partial charge in [-0.3, -0.25) is 0 Å². The molecule has 1 atom stereocenters. The van der Waals surface area contributed by atoms with E-state index in [-0.39, 0.29) is 5.82 Å². The molecule has 0 aliphatic heterocycles. The van der Waals surface area contributed by atoms with Crippen LogP contribution < -0.4 is 5.32 Å². The topological polar surface area (TPSA) is 12.0 Å². The summed E-state index contributed by atoms with van der Waals surface area (Å²) in [4.78, 5) is 0. The highest BCUT2D eigenvalue weighted by Crippen LogP contribution is 2.34. The third-order valence-corrected chi connectivity index (χ3v) is 2.90. The van der Waals surface area contributed by atoms with Crippen LogP contribution in [0.5, 0.6) is 0 Å². The molecule has 76 valence electrons. The van der Waals surface area contributed by atoms with Gasteiger partial charge in [0, 0.05) is 11.7 Å². The fourth-order valence-corrected chi connectivity index (χ4v) is 1.66. The molecule has 0 saturated heterocycles. The molecule has 1 nitrogen and oxygen atoms in total. The van der Waals surface area contributed by atoms with Gasteiger partial charge < -0.3 is 5.32 Å². The molecule has 1 aromatic rings. The second-order valence-corrected chi connectivity index (χ2v) is 4.23. The summed E-state index contributed by atoms with van der Waals surface area (Å²) < 4.78 is 13.2. The number of benzene rings is 1. The van der Waals surface area contributed by atoms with Crippen molar-refractivity contribution in [1.82, 2.24) is 0 Å². The number of hydrogen-bond acceptors (Lipinski definition) is 1. The SMILES string of the molecule is Cc1ccc(N[C@H](C)C2CC2)cc1F. The molecule has 0 bridgehead atoms. The largest absolute Gasteiger partial charge is 0.382 e. The highest BCUT2D eigenvalue weighted by molar-refractivity contribution is 5.46. The lowest BCUT2D eigenvalue weighted by Crippen LogP contribution is -2.17. The zero-order chi connectivity index (χ0) is 10.1. The molecule has 1 aromatic carbocycles. The predicted molar refractivity (Wildman–Crippen MR) is 56.9 cm³/mol. The first-order valence-electron chi connectivity index (χ1n) is 5.19. The van der Waals surface area contributed by atoms with Crippen molar-refractivity contribution in [3.63, 3.8) is 0 Å². The van der Waals surface area contributed by atoms with E-state index in [2.05, 4.69) is 12.2 Å². The lowest BCUT2D eigenvalue weighted by molar-refractivity contribution is 0.617. The minimum absolute atomic E-state index is 0.127. The van der Waals surface area contributed by atoms with Crippen LogP contribution in [-0.4, -0.2) is 6.04 Å². The van der Waals surface area contributed by atoms with Crippen molar-refractivity contribution in [1.29, 1.82) is 0 Å². The molecular weight excluding hydrogens is 177 g/mol. The van der Waals surface area contributed by atoms with Crippen molar-refractivity contribution in [3.8, 4) is 0 Å². The number of halogens is 1. The van der Waals surface area contributed by atoms with Crippen LogP contribution in [0.4, 0.5) is 10.1 Å². The Labute approximate surface area is 84.3 Å². The maximum Gasteiger partial charge on any atom is 0.128 e. The van der Waals surface area contributed by atoms with Crippen molar-refractivity contribution >= 4 is 5.69 Å². The zero-order valence-electron chi connectivity index (χ0n) is 8.68. The van der Waals surface area contributed by atoms with Crippen LogP contribution in [0.1, 0.15) is 25.3 Å². The van der Waals surface area contributed by atoms with E-state index >= 15 is 0 Å². The van der Waals surface area contributed by atoms with Gasteiger partial charge in [0.2, 0.25) is 0 Å². The standard InChI is InChI=1S/C12H16FN/c1-8-3-6-11(7-12(8)13)14-9(2)10-4-5-10/h3,6-7,9-10,14H,4-5H2,1-2H3/t9-/m1/s1. The van der Waals surface area contributed by atoms with Crippen LogP contribution >= 0.6 is 0 Å². The van der Waals surface area contributed by atoms with E-state index < -0.39 is 0 Å². The van der Waals surface area contributed by atoms with Gasteiger partial charge in [0.05, 0.1) is 0 Å². The molecule has 0 amide bonds. The fraction of sp³-hybridized carbons (Fsp3) is 0.500. The van der Waals surface area contributed by atoms with Gasteiger partial charge in [0.25, 0.3) is 0 Å². The molecule has 0 aromatic heterocycles. The third kappa shape index (κ3) is 2.06. The summed E-state index contributed by atoms with van der Waals surface area (Å²) in [6.45, 7) is 3.94. The molecule has 0 unspecified atom stereocenters. The number of rotatable bonds is 3. The first-order valence-corrected chi connectivity index (χ1v) is 5.19. The van der Waals surface area contributed by atoms with Crippen molar-refractivity contribution < 1.29 is 4.39 Å². The highest BCUT2D eigenvalue weighted by Gasteiger charge is 2.27. The number of hydrogen-bond donors (Lipinski definition) is 1. The molecule has 1 aliphatic carbocycles. The van der Waals surface area contributed by atoms with Gasteiger partial charge in [-0.1, -0.05) is 6.07 Å². The van der Waals surface area contributed by atoms with Gasteiger partial charge in [-0.05, 0) is 50.3 Å². The van der Waals surface area contributed by atoms with E-state index in [4.69, 9.17) is 0 Å². The van der Waals surface area contributed by atoms with E-state index in [0.29, 0.717) is 11.6 Å². The van der Waals surface area contributed by atoms with Crippen LogP contribution in [0.2, 0.25) is 0 Å². The Bertz CT molecular complexity index is 331. The van der Waals surface area contributed by atoms with Crippen LogP contribution in [0.25, 0.3) is 0 Å². The number of nitrogens with one attached hydrogen (secondary N) is 1. The lowest BCUT2D eigenvalue weighted by atomic mass is 10.1. The Kier molecular flexibility index (Phi) is 2.44. The van der Waals surface area contributed by atoms with E-state index in [9.17, 15) is 4.39 Å². The van der Waals surface area contributed by atoms with Gasteiger partial charge in [-0.25, -0.2) is 4.39 Å². The summed E-state index contributed by atoms with van der Waals surface area (Å²) in [5.74, 6) is 0.664. The lowest BCUT2D eigenvalue weighted by Gasteiger charge is -2.14. The predicted octanol–water partition coefficient (Wildman–Crippen LogP) is 3.34. The Morgan fingerprint density at radius 3 is 2.71 bits per heavy atom. The molecule has 2 rings (SSSR count). The summed E-state index contributed by atoms with van der Waals surface area (Å²) in [7, 11) is 0. The second kappa shape index (κ2) is 3.60. The smallest absolute Gasteiger partial charge is 0.128 e. The van der Waals surface area contributed by atoms with E-state index in [1.165, 1.54) is 12.8 Å². The molecule has 1 saturated carbocycles. The average Bonchev–Trinajstić information content (AvgIpc) is 2.94. The highest BCUT2D eigenvalue weighted by atomic mass is 19.1. The molecule has 0 spiro atoms. The van der Waals surface area contributed by atoms with Gasteiger partial charge >= 0.3 is 0 Å². The van der Waals surface area contributed by atoms with Gasteiger partial charge in [0.1, 0.15) is 5.82 Å². The monoisotopic (exact) mass is 193 g/mol. The van der Waals surface area contributed by atoms with Crippen LogP contribution in [0, 0.1) is 18.7 Å². The maximum absolute atomic E-state index is 13.2. The molecular formula is C12H16FN. The normalized spacial score (nSPS) is 17.9. The Morgan fingerprint density at radius 2 is 2.14 bits per heavy atom. The second-order valence-electron chi connectivity index (χ2n) is 4.23. The zero-order valence-corrected chi connectivity index (χ0v) is 8.68. The van der Waals surface area contributed by atoms with Crippen LogP contribution in [-0.2, 0) is 0 Å². The number of aryl methyl sites for hydroxylation is 1. The van der Waals surface area contributed by atoms with E-state index in [1.54, 1.807) is 13.0 Å². The van der Waals surface area contributed by atoms with E-state index in [0.717, 1.165) is 11.6 Å². The molecule has 14 heavy (non-hydrogen) atoms. The quantitative estimate of drug-likeness (QED) is 0.776. The first-order chi connectivity index (χ1) is 6.66. The van der Waals surface area contributed by atoms with Crippen LogP contribution in [0.15, 0.2) is 18.2 Å². The Morgan fingerprint density at radius 1 is 1.43 bits per heavy atom. The molecule has 1 fully saturated rings. The van der Waals surface area contributed by atoms with Gasteiger partial charge in [0.15, 0.2) is 0 Å². The molecule has 1 aliphatic rings. The Hall–Kier alpha value is -1.05. The summed E-state index contributed by atoms with van der Waals surface area (Å²) in [5.41, 5.74) is 1.60. The molecule has 0 radical (unpaired) electrons.